The third kappa shape index (κ3) is 3.56. The molecule has 8 heteroatoms. The summed E-state index contributed by atoms with van der Waals surface area (Å²) in [4.78, 5) is 11.4. The number of nitrogens with one attached hydrogen (secondary N) is 2. The van der Waals surface area contributed by atoms with Crippen LogP contribution in [0.3, 0.4) is 0 Å². The van der Waals surface area contributed by atoms with E-state index in [0.717, 1.165) is 0 Å². The van der Waals surface area contributed by atoms with E-state index in [0.29, 0.717) is 16.3 Å². The molecule has 0 saturated carbocycles. The number of rotatable bonds is 4. The Balaban J connectivity index is 2.36. The predicted octanol–water partition coefficient (Wildman–Crippen LogP) is 2.05. The molecule has 0 heterocycles. The number of hydrogen-bond acceptors (Lipinski definition) is 4. The Morgan fingerprint density at radius 1 is 1.18 bits per heavy atom. The van der Waals surface area contributed by atoms with Gasteiger partial charge in [0, 0.05) is 10.6 Å². The molecule has 0 aromatic heterocycles. The maximum Gasteiger partial charge on any atom is 0.265 e. The lowest BCUT2D eigenvalue weighted by Crippen LogP contribution is -2.30. The van der Waals surface area contributed by atoms with Gasteiger partial charge in [-0.05, 0) is 48.9 Å². The van der Waals surface area contributed by atoms with Gasteiger partial charge < -0.3 is 0 Å². The lowest BCUT2D eigenvalue weighted by atomic mass is 10.2. The minimum Gasteiger partial charge on any atom is -0.290 e. The normalized spacial score (nSPS) is 11.0. The minimum absolute atomic E-state index is 0.0389. The fourth-order valence-electron chi connectivity index (χ4n) is 1.83. The molecule has 0 saturated heterocycles. The van der Waals surface area contributed by atoms with Crippen LogP contribution in [0.25, 0.3) is 0 Å². The van der Waals surface area contributed by atoms with Gasteiger partial charge >= 0.3 is 0 Å². The maximum absolute atomic E-state index is 12.4. The zero-order chi connectivity index (χ0) is 16.3. The summed E-state index contributed by atoms with van der Waals surface area (Å²) >= 11 is 5.84. The van der Waals surface area contributed by atoms with Crippen LogP contribution in [0.1, 0.15) is 15.9 Å². The van der Waals surface area contributed by atoms with Gasteiger partial charge in [-0.2, -0.15) is 0 Å². The fourth-order valence-corrected chi connectivity index (χ4v) is 3.24. The van der Waals surface area contributed by atoms with E-state index >= 15 is 0 Å². The van der Waals surface area contributed by atoms with Crippen molar-refractivity contribution in [3.63, 3.8) is 0 Å². The number of carbonyl (C=O) groups excluding carboxylic acids is 1. The molecule has 0 fully saturated rings. The standard InChI is InChI=1S/C14H14ClN3O3S/c1-9-7-11(15)5-6-13(9)18-22(20,21)12-4-2-3-10(8-12)14(19)17-16/h2-8,18H,16H2,1H3,(H,17,19). The summed E-state index contributed by atoms with van der Waals surface area (Å²) in [6.07, 6.45) is 0. The highest BCUT2D eigenvalue weighted by atomic mass is 35.5. The zero-order valence-electron chi connectivity index (χ0n) is 11.6. The van der Waals surface area contributed by atoms with Crippen LogP contribution in [-0.2, 0) is 10.0 Å². The molecular weight excluding hydrogens is 326 g/mol. The van der Waals surface area contributed by atoms with Crippen LogP contribution in [0.2, 0.25) is 5.02 Å². The number of benzene rings is 2. The molecule has 0 aliphatic carbocycles. The Morgan fingerprint density at radius 3 is 2.55 bits per heavy atom. The van der Waals surface area contributed by atoms with Crippen LogP contribution in [-0.4, -0.2) is 14.3 Å². The van der Waals surface area contributed by atoms with Crippen LogP contribution in [0.15, 0.2) is 47.4 Å². The van der Waals surface area contributed by atoms with Crippen LogP contribution in [0.4, 0.5) is 5.69 Å². The van der Waals surface area contributed by atoms with Crippen LogP contribution in [0.5, 0.6) is 0 Å². The second-order valence-corrected chi connectivity index (χ2v) is 6.68. The zero-order valence-corrected chi connectivity index (χ0v) is 13.2. The highest BCUT2D eigenvalue weighted by Crippen LogP contribution is 2.23. The molecule has 6 nitrogen and oxygen atoms in total. The van der Waals surface area contributed by atoms with Gasteiger partial charge in [-0.25, -0.2) is 14.3 Å². The van der Waals surface area contributed by atoms with E-state index in [2.05, 4.69) is 4.72 Å². The van der Waals surface area contributed by atoms with Gasteiger partial charge in [0.05, 0.1) is 10.6 Å². The fraction of sp³-hybridized carbons (Fsp3) is 0.0714. The predicted molar refractivity (Wildman–Crippen MR) is 85.1 cm³/mol. The molecule has 0 atom stereocenters. The lowest BCUT2D eigenvalue weighted by Gasteiger charge is -2.11. The van der Waals surface area contributed by atoms with E-state index in [-0.39, 0.29) is 10.5 Å². The summed E-state index contributed by atoms with van der Waals surface area (Å²) in [5.41, 5.74) is 3.21. The molecule has 2 aromatic rings. The van der Waals surface area contributed by atoms with Crippen molar-refractivity contribution in [2.75, 3.05) is 4.72 Å². The SMILES string of the molecule is Cc1cc(Cl)ccc1NS(=O)(=O)c1cccc(C(=O)NN)c1. The maximum atomic E-state index is 12.4. The molecule has 22 heavy (non-hydrogen) atoms. The Labute approximate surface area is 133 Å². The molecule has 1 amide bonds. The average Bonchev–Trinajstić information content (AvgIpc) is 2.49. The molecule has 0 bridgehead atoms. The van der Waals surface area contributed by atoms with E-state index in [1.807, 2.05) is 5.43 Å². The van der Waals surface area contributed by atoms with Crippen molar-refractivity contribution in [3.05, 3.63) is 58.6 Å². The van der Waals surface area contributed by atoms with Gasteiger partial charge in [0.2, 0.25) is 0 Å². The molecular formula is C14H14ClN3O3S. The molecule has 0 aliphatic rings. The number of hydrazine groups is 1. The summed E-state index contributed by atoms with van der Waals surface area (Å²) in [6, 6.07) is 10.4. The van der Waals surface area contributed by atoms with Crippen molar-refractivity contribution in [2.45, 2.75) is 11.8 Å². The van der Waals surface area contributed by atoms with Crippen molar-refractivity contribution in [1.82, 2.24) is 5.43 Å². The van der Waals surface area contributed by atoms with Crippen LogP contribution >= 0.6 is 11.6 Å². The Kier molecular flexibility index (Phi) is 4.70. The molecule has 0 aliphatic heterocycles. The Bertz CT molecular complexity index is 822. The highest BCUT2D eigenvalue weighted by molar-refractivity contribution is 7.92. The summed E-state index contributed by atoms with van der Waals surface area (Å²) in [6.45, 7) is 1.74. The number of hydrogen-bond donors (Lipinski definition) is 3. The first-order valence-electron chi connectivity index (χ1n) is 6.23. The topological polar surface area (TPSA) is 101 Å². The van der Waals surface area contributed by atoms with E-state index in [1.165, 1.54) is 24.3 Å². The van der Waals surface area contributed by atoms with E-state index in [4.69, 9.17) is 17.4 Å². The summed E-state index contributed by atoms with van der Waals surface area (Å²) in [7, 11) is -3.83. The Hall–Kier alpha value is -2.09. The van der Waals surface area contributed by atoms with E-state index in [9.17, 15) is 13.2 Å². The summed E-state index contributed by atoms with van der Waals surface area (Å²) in [5.74, 6) is 4.47. The summed E-state index contributed by atoms with van der Waals surface area (Å²) in [5, 5.41) is 0.516. The number of aryl methyl sites for hydroxylation is 1. The molecule has 2 rings (SSSR count). The first-order chi connectivity index (χ1) is 10.3. The minimum atomic E-state index is -3.83. The van der Waals surface area contributed by atoms with Crippen molar-refractivity contribution in [2.24, 2.45) is 5.84 Å². The number of carbonyl (C=O) groups is 1. The molecule has 4 N–H and O–H groups in total. The molecule has 116 valence electrons. The van der Waals surface area contributed by atoms with Crippen molar-refractivity contribution in [3.8, 4) is 0 Å². The third-order valence-electron chi connectivity index (χ3n) is 2.97. The van der Waals surface area contributed by atoms with Gasteiger partial charge in [0.25, 0.3) is 15.9 Å². The first kappa shape index (κ1) is 16.3. The molecule has 0 unspecified atom stereocenters. The third-order valence-corrected chi connectivity index (χ3v) is 4.57. The van der Waals surface area contributed by atoms with Crippen molar-refractivity contribution >= 4 is 33.2 Å². The van der Waals surface area contributed by atoms with Crippen LogP contribution < -0.4 is 16.0 Å². The number of nitrogen functional groups attached to an aromatic ring is 1. The first-order valence-corrected chi connectivity index (χ1v) is 8.09. The van der Waals surface area contributed by atoms with Gasteiger partial charge in [-0.3, -0.25) is 14.9 Å². The number of nitrogens with two attached hydrogens (primary N) is 1. The number of anilines is 1. The smallest absolute Gasteiger partial charge is 0.265 e. The van der Waals surface area contributed by atoms with E-state index in [1.54, 1.807) is 25.1 Å². The second kappa shape index (κ2) is 6.35. The van der Waals surface area contributed by atoms with Gasteiger partial charge in [-0.15, -0.1) is 0 Å². The largest absolute Gasteiger partial charge is 0.290 e. The number of amides is 1. The summed E-state index contributed by atoms with van der Waals surface area (Å²) < 4.78 is 27.3. The number of sulfonamides is 1. The number of halogens is 1. The van der Waals surface area contributed by atoms with Crippen molar-refractivity contribution in [1.29, 1.82) is 0 Å². The van der Waals surface area contributed by atoms with Crippen molar-refractivity contribution < 1.29 is 13.2 Å². The van der Waals surface area contributed by atoms with Gasteiger partial charge in [0.1, 0.15) is 0 Å². The molecule has 0 radical (unpaired) electrons. The molecule has 0 spiro atoms. The van der Waals surface area contributed by atoms with Gasteiger partial charge in [-0.1, -0.05) is 17.7 Å². The molecule has 2 aromatic carbocycles. The van der Waals surface area contributed by atoms with Gasteiger partial charge in [0.15, 0.2) is 0 Å². The second-order valence-electron chi connectivity index (χ2n) is 4.57. The lowest BCUT2D eigenvalue weighted by molar-refractivity contribution is 0.0953. The quantitative estimate of drug-likeness (QED) is 0.451. The van der Waals surface area contributed by atoms with Crippen LogP contribution in [0, 0.1) is 6.92 Å². The monoisotopic (exact) mass is 339 g/mol. The van der Waals surface area contributed by atoms with E-state index < -0.39 is 15.9 Å². The Morgan fingerprint density at radius 2 is 1.91 bits per heavy atom. The highest BCUT2D eigenvalue weighted by Gasteiger charge is 2.17. The average molecular weight is 340 g/mol.